The summed E-state index contributed by atoms with van der Waals surface area (Å²) in [6.45, 7) is 2.28. The molecule has 74 valence electrons. The normalized spacial score (nSPS) is 19.1. The predicted octanol–water partition coefficient (Wildman–Crippen LogP) is 4.15. The van der Waals surface area contributed by atoms with Gasteiger partial charge in [-0.3, -0.25) is 0 Å². The Morgan fingerprint density at radius 2 is 2.29 bits per heavy atom. The standard InChI is InChI=1S/C8H11.C5H5.Zr.2H/c1-2-5-8-6-3-4-7-8;1-2-4-5-3-1;;;/h3,6H,2,4-5H2,1H3;1-3H,4H2;;;/q;;+2;2*-1. The van der Waals surface area contributed by atoms with Gasteiger partial charge in [-0.05, 0) is 0 Å². The van der Waals surface area contributed by atoms with Gasteiger partial charge in [0.05, 0.1) is 0 Å². The van der Waals surface area contributed by atoms with E-state index in [1.807, 2.05) is 3.28 Å². The van der Waals surface area contributed by atoms with Crippen LogP contribution in [0.15, 0.2) is 42.5 Å². The van der Waals surface area contributed by atoms with Crippen molar-refractivity contribution in [3.63, 3.8) is 0 Å². The Morgan fingerprint density at radius 1 is 1.36 bits per heavy atom. The SMILES string of the molecule is CCCC1=[C]([Zr+2][C]2=CC=CC2)CC=C1.[H-].[H-]. The molecular weight excluding hydrogens is 247 g/mol. The van der Waals surface area contributed by atoms with Gasteiger partial charge in [0.25, 0.3) is 0 Å². The number of allylic oxidation sites excluding steroid dienone is 8. The molecule has 0 aromatic rings. The molecule has 0 saturated heterocycles. The first-order valence-corrected chi connectivity index (χ1v) is 7.87. The molecule has 2 rings (SSSR count). The van der Waals surface area contributed by atoms with E-state index in [0.29, 0.717) is 0 Å². The van der Waals surface area contributed by atoms with Crippen LogP contribution in [0.25, 0.3) is 0 Å². The summed E-state index contributed by atoms with van der Waals surface area (Å²) in [5.74, 6) is 0. The van der Waals surface area contributed by atoms with Gasteiger partial charge < -0.3 is 2.85 Å². The third-order valence-corrected chi connectivity index (χ3v) is 6.36. The van der Waals surface area contributed by atoms with Crippen molar-refractivity contribution in [2.75, 3.05) is 0 Å². The Balaban J connectivity index is 0.00000112. The summed E-state index contributed by atoms with van der Waals surface area (Å²) in [5, 5.41) is 0. The van der Waals surface area contributed by atoms with Crippen LogP contribution in [-0.4, -0.2) is 0 Å². The van der Waals surface area contributed by atoms with E-state index in [1.54, 1.807) is 8.85 Å². The zero-order chi connectivity index (χ0) is 9.80. The first-order valence-electron chi connectivity index (χ1n) is 5.41. The molecule has 2 aliphatic rings. The van der Waals surface area contributed by atoms with Crippen LogP contribution in [0.2, 0.25) is 0 Å². The van der Waals surface area contributed by atoms with Gasteiger partial charge in [-0.2, -0.15) is 0 Å². The van der Waals surface area contributed by atoms with Crippen LogP contribution >= 0.6 is 0 Å². The van der Waals surface area contributed by atoms with E-state index in [9.17, 15) is 0 Å². The van der Waals surface area contributed by atoms with Crippen molar-refractivity contribution in [2.24, 2.45) is 0 Å². The fraction of sp³-hybridized carbons (Fsp3) is 0.385. The molecule has 0 fully saturated rings. The second-order valence-electron chi connectivity index (χ2n) is 3.81. The quantitative estimate of drug-likeness (QED) is 0.716. The first-order chi connectivity index (χ1) is 6.90. The van der Waals surface area contributed by atoms with Gasteiger partial charge in [-0.25, -0.2) is 0 Å². The third-order valence-electron chi connectivity index (χ3n) is 2.63. The van der Waals surface area contributed by atoms with E-state index in [2.05, 4.69) is 37.3 Å². The zero-order valence-electron chi connectivity index (χ0n) is 10.7. The van der Waals surface area contributed by atoms with Crippen LogP contribution in [0, 0.1) is 0 Å². The zero-order valence-corrected chi connectivity index (χ0v) is 11.2. The number of hydrogen-bond donors (Lipinski definition) is 0. The Hall–Kier alpha value is -0.157. The van der Waals surface area contributed by atoms with E-state index in [0.717, 1.165) is 0 Å². The molecule has 0 heterocycles. The molecular formula is C13H18Zr. The van der Waals surface area contributed by atoms with E-state index >= 15 is 0 Å². The molecule has 0 aliphatic heterocycles. The molecule has 1 heteroatoms. The molecule has 0 saturated carbocycles. The largest absolute Gasteiger partial charge is 1.00 e. The van der Waals surface area contributed by atoms with Crippen LogP contribution in [0.4, 0.5) is 0 Å². The Labute approximate surface area is 101 Å². The molecule has 14 heavy (non-hydrogen) atoms. The summed E-state index contributed by atoms with van der Waals surface area (Å²) in [4.78, 5) is 0. The summed E-state index contributed by atoms with van der Waals surface area (Å²) < 4.78 is 3.58. The molecule has 0 aromatic heterocycles. The van der Waals surface area contributed by atoms with Gasteiger partial charge in [0.2, 0.25) is 0 Å². The van der Waals surface area contributed by atoms with Crippen LogP contribution < -0.4 is 0 Å². The fourth-order valence-corrected chi connectivity index (χ4v) is 5.30. The summed E-state index contributed by atoms with van der Waals surface area (Å²) in [6, 6.07) is 0. The predicted molar refractivity (Wildman–Crippen MR) is 59.8 cm³/mol. The molecule has 0 unspecified atom stereocenters. The minimum atomic E-state index is -0.377. The second-order valence-corrected chi connectivity index (χ2v) is 7.49. The first kappa shape index (κ1) is 10.4. The monoisotopic (exact) mass is 264 g/mol. The average molecular weight is 266 g/mol. The fourth-order valence-electron chi connectivity index (χ4n) is 1.92. The maximum Gasteiger partial charge on any atom is -1.00 e. The van der Waals surface area contributed by atoms with Crippen molar-refractivity contribution in [3.8, 4) is 0 Å². The van der Waals surface area contributed by atoms with Crippen LogP contribution in [-0.2, 0) is 23.2 Å². The van der Waals surface area contributed by atoms with Crippen molar-refractivity contribution >= 4 is 0 Å². The average Bonchev–Trinajstić information content (AvgIpc) is 2.80. The summed E-state index contributed by atoms with van der Waals surface area (Å²) >= 11 is -0.377. The molecule has 0 radical (unpaired) electrons. The van der Waals surface area contributed by atoms with E-state index in [-0.39, 0.29) is 26.1 Å². The van der Waals surface area contributed by atoms with Crippen LogP contribution in [0.5, 0.6) is 0 Å². The van der Waals surface area contributed by atoms with Crippen molar-refractivity contribution in [3.05, 3.63) is 42.5 Å². The summed E-state index contributed by atoms with van der Waals surface area (Å²) in [5.41, 5.74) is 1.67. The molecule has 0 aromatic carbocycles. The minimum absolute atomic E-state index is 0. The Morgan fingerprint density at radius 3 is 3.00 bits per heavy atom. The Bertz CT molecular complexity index is 338. The van der Waals surface area contributed by atoms with Crippen molar-refractivity contribution in [2.45, 2.75) is 32.6 Å². The molecule has 2 aliphatic carbocycles. The maximum atomic E-state index is 2.36. The van der Waals surface area contributed by atoms with E-state index in [1.165, 1.54) is 25.7 Å². The number of hydrogen-bond acceptors (Lipinski definition) is 0. The van der Waals surface area contributed by atoms with Gasteiger partial charge in [-0.15, -0.1) is 0 Å². The second kappa shape index (κ2) is 5.07. The van der Waals surface area contributed by atoms with Gasteiger partial charge in [-0.1, -0.05) is 0 Å². The molecule has 0 amide bonds. The van der Waals surface area contributed by atoms with Crippen molar-refractivity contribution in [1.29, 1.82) is 0 Å². The van der Waals surface area contributed by atoms with Gasteiger partial charge >= 0.3 is 98.4 Å². The minimum Gasteiger partial charge on any atom is -1.00 e. The van der Waals surface area contributed by atoms with E-state index < -0.39 is 0 Å². The summed E-state index contributed by atoms with van der Waals surface area (Å²) in [6.07, 6.45) is 16.7. The van der Waals surface area contributed by atoms with Gasteiger partial charge in [0, 0.05) is 0 Å². The Kier molecular flexibility index (Phi) is 3.76. The third kappa shape index (κ3) is 2.45. The van der Waals surface area contributed by atoms with Crippen LogP contribution in [0.1, 0.15) is 35.5 Å². The van der Waals surface area contributed by atoms with Crippen molar-refractivity contribution < 1.29 is 26.1 Å². The topological polar surface area (TPSA) is 0 Å². The molecule has 0 spiro atoms. The van der Waals surface area contributed by atoms with Gasteiger partial charge in [0.15, 0.2) is 0 Å². The number of rotatable bonds is 4. The maximum absolute atomic E-state index is 2.36. The molecule has 0 bridgehead atoms. The molecule has 0 N–H and O–H groups in total. The smallest absolute Gasteiger partial charge is 1.00 e. The summed E-state index contributed by atoms with van der Waals surface area (Å²) in [7, 11) is 0. The van der Waals surface area contributed by atoms with Crippen LogP contribution in [0.3, 0.4) is 0 Å². The van der Waals surface area contributed by atoms with E-state index in [4.69, 9.17) is 0 Å². The van der Waals surface area contributed by atoms with Gasteiger partial charge in [0.1, 0.15) is 0 Å². The molecule has 0 atom stereocenters. The van der Waals surface area contributed by atoms with Crippen molar-refractivity contribution in [1.82, 2.24) is 0 Å². The molecule has 0 nitrogen and oxygen atoms in total.